The maximum atomic E-state index is 12.4. The first kappa shape index (κ1) is 28.1. The quantitative estimate of drug-likeness (QED) is 0.133. The molecule has 4 aromatic rings. The Balaban J connectivity index is 1.59. The zero-order valence-electron chi connectivity index (χ0n) is 22.6. The topological polar surface area (TPSA) is 65.4 Å². The van der Waals surface area contributed by atoms with Gasteiger partial charge < -0.3 is 14.8 Å². The van der Waals surface area contributed by atoms with Gasteiger partial charge in [0.05, 0.1) is 5.52 Å². The van der Waals surface area contributed by atoms with Crippen molar-refractivity contribution in [3.05, 3.63) is 76.8 Å². The molecule has 0 aliphatic rings. The standard InChI is InChI=1S/C30H36BrN3O3Si/c1-5-9-29(35)32-30-26-18-27(31)25(19-28(26)34(33-30)21-36-16-17-38(2,3)4)23-12-14-24(15-13-23)37-20-22-10-7-6-8-11-22/h6-8,10-15,18-19H,5,9,16-17,20-21H2,1-4H3,(H,32,33,35). The lowest BCUT2D eigenvalue weighted by atomic mass is 10.0. The van der Waals surface area contributed by atoms with E-state index in [0.717, 1.165) is 50.3 Å². The largest absolute Gasteiger partial charge is 0.489 e. The minimum absolute atomic E-state index is 0.0370. The highest BCUT2D eigenvalue weighted by Crippen LogP contribution is 2.36. The minimum Gasteiger partial charge on any atom is -0.489 e. The average molecular weight is 595 g/mol. The number of hydrogen-bond donors (Lipinski definition) is 1. The van der Waals surface area contributed by atoms with Crippen LogP contribution in [0.4, 0.5) is 5.82 Å². The van der Waals surface area contributed by atoms with E-state index in [4.69, 9.17) is 14.6 Å². The first-order chi connectivity index (χ1) is 18.2. The summed E-state index contributed by atoms with van der Waals surface area (Å²) in [5.74, 6) is 1.34. The second kappa shape index (κ2) is 12.7. The van der Waals surface area contributed by atoms with Crippen molar-refractivity contribution in [2.45, 2.75) is 58.8 Å². The van der Waals surface area contributed by atoms with Crippen LogP contribution < -0.4 is 10.1 Å². The van der Waals surface area contributed by atoms with Crippen molar-refractivity contribution in [1.82, 2.24) is 9.78 Å². The third kappa shape index (κ3) is 7.55. The summed E-state index contributed by atoms with van der Waals surface area (Å²) in [6, 6.07) is 23.4. The molecule has 0 saturated heterocycles. The Bertz CT molecular complexity index is 1370. The summed E-state index contributed by atoms with van der Waals surface area (Å²) < 4.78 is 14.7. The van der Waals surface area contributed by atoms with Gasteiger partial charge in [0.15, 0.2) is 5.82 Å². The zero-order valence-corrected chi connectivity index (χ0v) is 25.2. The number of halogens is 1. The van der Waals surface area contributed by atoms with E-state index in [1.54, 1.807) is 0 Å². The minimum atomic E-state index is -1.19. The van der Waals surface area contributed by atoms with Crippen LogP contribution in [0.3, 0.4) is 0 Å². The van der Waals surface area contributed by atoms with Crippen LogP contribution in [0.1, 0.15) is 25.3 Å². The van der Waals surface area contributed by atoms with E-state index in [0.29, 0.717) is 32.2 Å². The van der Waals surface area contributed by atoms with Gasteiger partial charge in [-0.1, -0.05) is 85.0 Å². The van der Waals surface area contributed by atoms with Crippen molar-refractivity contribution in [1.29, 1.82) is 0 Å². The number of hydrogen-bond acceptors (Lipinski definition) is 4. The van der Waals surface area contributed by atoms with E-state index in [1.807, 2.05) is 48.0 Å². The Labute approximate surface area is 234 Å². The fourth-order valence-electron chi connectivity index (χ4n) is 4.03. The van der Waals surface area contributed by atoms with Gasteiger partial charge in [-0.2, -0.15) is 5.10 Å². The maximum Gasteiger partial charge on any atom is 0.225 e. The van der Waals surface area contributed by atoms with E-state index >= 15 is 0 Å². The van der Waals surface area contributed by atoms with Gasteiger partial charge in [-0.05, 0) is 53.4 Å². The molecule has 1 heterocycles. The van der Waals surface area contributed by atoms with Gasteiger partial charge in [-0.25, -0.2) is 4.68 Å². The Kier molecular flexibility index (Phi) is 9.41. The second-order valence-electron chi connectivity index (χ2n) is 10.6. The number of ether oxygens (including phenoxy) is 2. The highest BCUT2D eigenvalue weighted by Gasteiger charge is 2.17. The molecule has 0 radical (unpaired) electrons. The molecule has 6 nitrogen and oxygen atoms in total. The predicted molar refractivity (Wildman–Crippen MR) is 161 cm³/mol. The van der Waals surface area contributed by atoms with Crippen LogP contribution in [0.2, 0.25) is 25.7 Å². The summed E-state index contributed by atoms with van der Waals surface area (Å²) in [5, 5.41) is 8.58. The molecule has 200 valence electrons. The third-order valence-electron chi connectivity index (χ3n) is 6.20. The number of amides is 1. The molecule has 0 spiro atoms. The van der Waals surface area contributed by atoms with E-state index in [-0.39, 0.29) is 5.91 Å². The molecule has 8 heteroatoms. The molecule has 0 atom stereocenters. The third-order valence-corrected chi connectivity index (χ3v) is 8.56. The first-order valence-corrected chi connectivity index (χ1v) is 17.6. The number of nitrogens with zero attached hydrogens (tertiary/aromatic N) is 2. The number of nitrogens with one attached hydrogen (secondary N) is 1. The molecular weight excluding hydrogens is 558 g/mol. The normalized spacial score (nSPS) is 11.6. The number of rotatable bonds is 12. The number of fused-ring (bicyclic) bond motifs is 1. The maximum absolute atomic E-state index is 12.4. The molecule has 38 heavy (non-hydrogen) atoms. The van der Waals surface area contributed by atoms with E-state index in [9.17, 15) is 4.79 Å². The molecule has 3 aromatic carbocycles. The molecule has 0 fully saturated rings. The van der Waals surface area contributed by atoms with E-state index < -0.39 is 8.07 Å². The van der Waals surface area contributed by atoms with Gasteiger partial charge in [-0.15, -0.1) is 0 Å². The SMILES string of the molecule is CCCC(=O)Nc1nn(COCC[Si](C)(C)C)c2cc(-c3ccc(OCc4ccccc4)cc3)c(Br)cc12. The van der Waals surface area contributed by atoms with Crippen molar-refractivity contribution in [3.8, 4) is 16.9 Å². The molecular formula is C30H36BrN3O3Si. The number of carbonyl (C=O) groups is 1. The number of aromatic nitrogens is 2. The Morgan fingerprint density at radius 3 is 2.47 bits per heavy atom. The summed E-state index contributed by atoms with van der Waals surface area (Å²) in [7, 11) is -1.19. The van der Waals surface area contributed by atoms with Gasteiger partial charge in [0.2, 0.25) is 5.91 Å². The predicted octanol–water partition coefficient (Wildman–Crippen LogP) is 8.10. The molecule has 1 amide bonds. The van der Waals surface area contributed by atoms with Crippen molar-refractivity contribution in [3.63, 3.8) is 0 Å². The van der Waals surface area contributed by atoms with Crippen molar-refractivity contribution < 1.29 is 14.3 Å². The van der Waals surface area contributed by atoms with Crippen molar-refractivity contribution in [2.75, 3.05) is 11.9 Å². The zero-order chi connectivity index (χ0) is 27.1. The number of anilines is 1. The number of benzene rings is 3. The molecule has 1 N–H and O–H groups in total. The van der Waals surface area contributed by atoms with Gasteiger partial charge in [0, 0.05) is 31.0 Å². The molecule has 0 saturated carbocycles. The van der Waals surface area contributed by atoms with Crippen LogP contribution in [0, 0.1) is 0 Å². The van der Waals surface area contributed by atoms with Gasteiger partial charge >= 0.3 is 0 Å². The lowest BCUT2D eigenvalue weighted by molar-refractivity contribution is -0.116. The number of carbonyl (C=O) groups excluding carboxylic acids is 1. The molecule has 0 aliphatic heterocycles. The highest BCUT2D eigenvalue weighted by atomic mass is 79.9. The lowest BCUT2D eigenvalue weighted by Crippen LogP contribution is -2.22. The Morgan fingerprint density at radius 2 is 1.79 bits per heavy atom. The van der Waals surface area contributed by atoms with Gasteiger partial charge in [0.1, 0.15) is 19.1 Å². The summed E-state index contributed by atoms with van der Waals surface area (Å²) in [6.07, 6.45) is 1.24. The van der Waals surface area contributed by atoms with Crippen LogP contribution in [-0.4, -0.2) is 30.4 Å². The molecule has 0 aliphatic carbocycles. The van der Waals surface area contributed by atoms with E-state index in [2.05, 4.69) is 71.2 Å². The molecule has 1 aromatic heterocycles. The monoisotopic (exact) mass is 593 g/mol. The van der Waals surface area contributed by atoms with Crippen LogP contribution >= 0.6 is 15.9 Å². The molecule has 0 bridgehead atoms. The Hall–Kier alpha value is -2.94. The summed E-state index contributed by atoms with van der Waals surface area (Å²) in [5.41, 5.74) is 4.12. The van der Waals surface area contributed by atoms with Gasteiger partial charge in [0.25, 0.3) is 0 Å². The fourth-order valence-corrected chi connectivity index (χ4v) is 5.36. The highest BCUT2D eigenvalue weighted by molar-refractivity contribution is 9.10. The first-order valence-electron chi connectivity index (χ1n) is 13.1. The summed E-state index contributed by atoms with van der Waals surface area (Å²) in [4.78, 5) is 12.4. The van der Waals surface area contributed by atoms with Crippen molar-refractivity contribution in [2.24, 2.45) is 0 Å². The van der Waals surface area contributed by atoms with Crippen LogP contribution in [0.15, 0.2) is 71.2 Å². The van der Waals surface area contributed by atoms with Gasteiger partial charge in [-0.3, -0.25) is 4.79 Å². The van der Waals surface area contributed by atoms with Crippen LogP contribution in [0.5, 0.6) is 5.75 Å². The van der Waals surface area contributed by atoms with E-state index in [1.165, 1.54) is 0 Å². The summed E-state index contributed by atoms with van der Waals surface area (Å²) in [6.45, 7) is 10.6. The van der Waals surface area contributed by atoms with Crippen LogP contribution in [0.25, 0.3) is 22.0 Å². The smallest absolute Gasteiger partial charge is 0.225 e. The molecule has 4 rings (SSSR count). The fraction of sp³-hybridized carbons (Fsp3) is 0.333. The van der Waals surface area contributed by atoms with Crippen molar-refractivity contribution >= 4 is 46.6 Å². The molecule has 0 unspecified atom stereocenters. The Morgan fingerprint density at radius 1 is 1.05 bits per heavy atom. The summed E-state index contributed by atoms with van der Waals surface area (Å²) >= 11 is 3.75. The van der Waals surface area contributed by atoms with Crippen LogP contribution in [-0.2, 0) is 22.9 Å². The average Bonchev–Trinajstić information content (AvgIpc) is 3.21. The second-order valence-corrected chi connectivity index (χ2v) is 17.1. The lowest BCUT2D eigenvalue weighted by Gasteiger charge is -2.15.